The number of hydrogen-bond acceptors (Lipinski definition) is 5. The highest BCUT2D eigenvalue weighted by Crippen LogP contribution is 2.56. The van der Waals surface area contributed by atoms with Crippen LogP contribution in [-0.4, -0.2) is 43.7 Å². The van der Waals surface area contributed by atoms with E-state index in [4.69, 9.17) is 14.2 Å². The van der Waals surface area contributed by atoms with Crippen LogP contribution in [0.4, 0.5) is 0 Å². The lowest BCUT2D eigenvalue weighted by Crippen LogP contribution is -2.61. The number of Topliss-reactive ketones (excluding diaryl/α,β-unsaturated/α-hetero) is 1. The first-order chi connectivity index (χ1) is 15.2. The van der Waals surface area contributed by atoms with Crippen LogP contribution in [0, 0.1) is 5.92 Å². The van der Waals surface area contributed by atoms with E-state index in [1.54, 1.807) is 7.11 Å². The standard InChI is InChI=1S/C26H29NO4/c1-29-19-7-5-17-12-22-20-4-2-3-9-26(20,21(17)14-19)10-11-27(22)15-23(28)18-6-8-24-25(13-18)31-16-30-24/h5-8,13-14,20,22H,2-4,9-12,15-16H2,1H3/t20-,22-,26+/m0/s1. The number of carbonyl (C=O) groups excluding carboxylic acids is 1. The van der Waals surface area contributed by atoms with Crippen molar-refractivity contribution in [3.05, 3.63) is 53.1 Å². The molecule has 2 aromatic rings. The summed E-state index contributed by atoms with van der Waals surface area (Å²) < 4.78 is 16.4. The van der Waals surface area contributed by atoms with Crippen LogP contribution in [0.15, 0.2) is 36.4 Å². The van der Waals surface area contributed by atoms with Gasteiger partial charge in [0.1, 0.15) is 5.75 Å². The van der Waals surface area contributed by atoms with Crippen molar-refractivity contribution in [3.63, 3.8) is 0 Å². The van der Waals surface area contributed by atoms with Crippen molar-refractivity contribution in [3.8, 4) is 17.2 Å². The van der Waals surface area contributed by atoms with Crippen LogP contribution in [0.5, 0.6) is 17.2 Å². The Kier molecular flexibility index (Phi) is 4.49. The van der Waals surface area contributed by atoms with Gasteiger partial charge in [-0.2, -0.15) is 0 Å². The molecule has 3 atom stereocenters. The van der Waals surface area contributed by atoms with E-state index in [-0.39, 0.29) is 18.0 Å². The van der Waals surface area contributed by atoms with Gasteiger partial charge in [-0.3, -0.25) is 9.69 Å². The van der Waals surface area contributed by atoms with Gasteiger partial charge in [-0.25, -0.2) is 0 Å². The Morgan fingerprint density at radius 1 is 1.13 bits per heavy atom. The molecule has 6 rings (SSSR count). The second kappa shape index (κ2) is 7.27. The van der Waals surface area contributed by atoms with Crippen LogP contribution in [0.2, 0.25) is 0 Å². The molecule has 162 valence electrons. The largest absolute Gasteiger partial charge is 0.497 e. The third-order valence-electron chi connectivity index (χ3n) is 8.20. The minimum atomic E-state index is 0.169. The maximum atomic E-state index is 13.2. The van der Waals surface area contributed by atoms with Crippen molar-refractivity contribution in [1.82, 2.24) is 4.90 Å². The van der Waals surface area contributed by atoms with E-state index in [1.807, 2.05) is 18.2 Å². The van der Waals surface area contributed by atoms with Crippen LogP contribution in [0.1, 0.15) is 53.6 Å². The van der Waals surface area contributed by atoms with Crippen LogP contribution in [-0.2, 0) is 11.8 Å². The predicted octanol–water partition coefficient (Wildman–Crippen LogP) is 4.37. The van der Waals surface area contributed by atoms with Gasteiger partial charge >= 0.3 is 0 Å². The van der Waals surface area contributed by atoms with E-state index in [0.29, 0.717) is 29.8 Å². The Hall–Kier alpha value is -2.53. The number of methoxy groups -OCH3 is 1. The van der Waals surface area contributed by atoms with Gasteiger partial charge in [-0.05, 0) is 79.6 Å². The zero-order valence-electron chi connectivity index (χ0n) is 18.1. The smallest absolute Gasteiger partial charge is 0.231 e. The highest BCUT2D eigenvalue weighted by Gasteiger charge is 2.54. The number of likely N-dealkylation sites (tertiary alicyclic amines) is 1. The molecule has 2 aromatic carbocycles. The predicted molar refractivity (Wildman–Crippen MR) is 117 cm³/mol. The summed E-state index contributed by atoms with van der Waals surface area (Å²) in [6.07, 6.45) is 7.28. The molecular formula is C26H29NO4. The Labute approximate surface area is 183 Å². The van der Waals surface area contributed by atoms with Crippen LogP contribution in [0.3, 0.4) is 0 Å². The molecule has 2 aliphatic heterocycles. The van der Waals surface area contributed by atoms with Gasteiger partial charge in [0.2, 0.25) is 6.79 Å². The fourth-order valence-corrected chi connectivity index (χ4v) is 6.73. The second-order valence-corrected chi connectivity index (χ2v) is 9.51. The first-order valence-electron chi connectivity index (χ1n) is 11.5. The van der Waals surface area contributed by atoms with Gasteiger partial charge in [-0.1, -0.05) is 18.9 Å². The highest BCUT2D eigenvalue weighted by atomic mass is 16.7. The SMILES string of the molecule is COc1ccc2c(c1)[C@@]13CCCC[C@H]1[C@H](C2)N(CC(=O)c1ccc2c(c1)OCO2)CC3. The minimum absolute atomic E-state index is 0.169. The second-order valence-electron chi connectivity index (χ2n) is 9.51. The molecule has 2 bridgehead atoms. The molecule has 1 saturated carbocycles. The van der Waals surface area contributed by atoms with Gasteiger partial charge in [0.25, 0.3) is 0 Å². The van der Waals surface area contributed by atoms with Gasteiger partial charge in [0.15, 0.2) is 17.3 Å². The third-order valence-corrected chi connectivity index (χ3v) is 8.20. The van der Waals surface area contributed by atoms with Gasteiger partial charge in [0.05, 0.1) is 13.7 Å². The molecule has 0 radical (unpaired) electrons. The lowest BCUT2D eigenvalue weighted by Gasteiger charge is -2.59. The Morgan fingerprint density at radius 2 is 2.03 bits per heavy atom. The van der Waals surface area contributed by atoms with Crippen molar-refractivity contribution in [2.45, 2.75) is 50.0 Å². The monoisotopic (exact) mass is 419 g/mol. The molecule has 2 fully saturated rings. The molecular weight excluding hydrogens is 390 g/mol. The highest BCUT2D eigenvalue weighted by molar-refractivity contribution is 5.98. The van der Waals surface area contributed by atoms with Crippen molar-refractivity contribution in [1.29, 1.82) is 0 Å². The number of nitrogens with zero attached hydrogens (tertiary/aromatic N) is 1. The number of carbonyl (C=O) groups is 1. The van der Waals surface area contributed by atoms with Crippen molar-refractivity contribution in [2.75, 3.05) is 27.0 Å². The van der Waals surface area contributed by atoms with Crippen molar-refractivity contribution < 1.29 is 19.0 Å². The maximum Gasteiger partial charge on any atom is 0.231 e. The summed E-state index contributed by atoms with van der Waals surface area (Å²) in [4.78, 5) is 15.7. The summed E-state index contributed by atoms with van der Waals surface area (Å²) in [7, 11) is 1.76. The number of rotatable bonds is 4. The van der Waals surface area contributed by atoms with E-state index in [9.17, 15) is 4.79 Å². The van der Waals surface area contributed by atoms with E-state index < -0.39 is 0 Å². The molecule has 0 unspecified atom stereocenters. The summed E-state index contributed by atoms with van der Waals surface area (Å²) in [5, 5.41) is 0. The molecule has 0 amide bonds. The van der Waals surface area contributed by atoms with E-state index >= 15 is 0 Å². The molecule has 4 aliphatic rings. The lowest BCUT2D eigenvalue weighted by atomic mass is 9.52. The van der Waals surface area contributed by atoms with Gasteiger partial charge in [0, 0.05) is 17.0 Å². The molecule has 1 saturated heterocycles. The zero-order valence-corrected chi connectivity index (χ0v) is 18.1. The van der Waals surface area contributed by atoms with Crippen LogP contribution in [0.25, 0.3) is 0 Å². The molecule has 5 heteroatoms. The van der Waals surface area contributed by atoms with Crippen LogP contribution >= 0.6 is 0 Å². The molecule has 2 aliphatic carbocycles. The summed E-state index contributed by atoms with van der Waals surface area (Å²) in [5.74, 6) is 3.16. The Morgan fingerprint density at radius 3 is 2.94 bits per heavy atom. The van der Waals surface area contributed by atoms with E-state index in [2.05, 4.69) is 23.1 Å². The fraction of sp³-hybridized carbons (Fsp3) is 0.500. The van der Waals surface area contributed by atoms with Crippen molar-refractivity contribution in [2.24, 2.45) is 5.92 Å². The van der Waals surface area contributed by atoms with E-state index in [1.165, 1.54) is 36.8 Å². The summed E-state index contributed by atoms with van der Waals surface area (Å²) in [6.45, 7) is 1.69. The average molecular weight is 420 g/mol. The quantitative estimate of drug-likeness (QED) is 0.689. The fourth-order valence-electron chi connectivity index (χ4n) is 6.73. The minimum Gasteiger partial charge on any atom is -0.497 e. The Bertz CT molecular complexity index is 1030. The van der Waals surface area contributed by atoms with Gasteiger partial charge in [-0.15, -0.1) is 0 Å². The lowest BCUT2D eigenvalue weighted by molar-refractivity contribution is -0.00848. The van der Waals surface area contributed by atoms with Crippen LogP contribution < -0.4 is 14.2 Å². The molecule has 2 heterocycles. The van der Waals surface area contributed by atoms with Crippen molar-refractivity contribution >= 4 is 5.78 Å². The molecule has 0 aromatic heterocycles. The summed E-state index contributed by atoms with van der Waals surface area (Å²) >= 11 is 0. The maximum absolute atomic E-state index is 13.2. The average Bonchev–Trinajstić information content (AvgIpc) is 3.28. The molecule has 5 nitrogen and oxygen atoms in total. The summed E-state index contributed by atoms with van der Waals surface area (Å²) in [6, 6.07) is 12.6. The zero-order chi connectivity index (χ0) is 21.0. The number of piperidine rings is 1. The molecule has 31 heavy (non-hydrogen) atoms. The Balaban J connectivity index is 1.30. The number of ketones is 1. The summed E-state index contributed by atoms with van der Waals surface area (Å²) in [5.41, 5.74) is 3.94. The number of benzene rings is 2. The first-order valence-corrected chi connectivity index (χ1v) is 11.5. The van der Waals surface area contributed by atoms with E-state index in [0.717, 1.165) is 30.9 Å². The third kappa shape index (κ3) is 2.97. The molecule has 0 N–H and O–H groups in total. The first kappa shape index (κ1) is 19.2. The number of ether oxygens (including phenoxy) is 3. The number of hydrogen-bond donors (Lipinski definition) is 0. The van der Waals surface area contributed by atoms with Gasteiger partial charge < -0.3 is 14.2 Å². The number of fused-ring (bicyclic) bond motifs is 2. The molecule has 0 spiro atoms. The normalized spacial score (nSPS) is 28.5. The topological polar surface area (TPSA) is 48.0 Å².